The molecule has 1 N–H and O–H groups in total. The summed E-state index contributed by atoms with van der Waals surface area (Å²) in [4.78, 5) is 0. The highest BCUT2D eigenvalue weighted by molar-refractivity contribution is 9.09. The third-order valence-electron chi connectivity index (χ3n) is 0.798. The summed E-state index contributed by atoms with van der Waals surface area (Å²) in [6.45, 7) is 5.19. The molecule has 0 aliphatic carbocycles. The van der Waals surface area contributed by atoms with E-state index in [-0.39, 0.29) is 6.61 Å². The second kappa shape index (κ2) is 29.2. The van der Waals surface area contributed by atoms with Gasteiger partial charge in [0.05, 0.1) is 17.5 Å². The summed E-state index contributed by atoms with van der Waals surface area (Å²) in [6, 6.07) is 3.73. The fraction of sp³-hybridized carbons (Fsp3) is 0.800. The monoisotopic (exact) mass is 278 g/mol. The van der Waals surface area contributed by atoms with Crippen LogP contribution < -0.4 is 0 Å². The van der Waals surface area contributed by atoms with Crippen LogP contribution >= 0.6 is 15.9 Å². The maximum atomic E-state index is 7.92. The molecule has 0 fully saturated rings. The molecule has 0 aliphatic heterocycles. The lowest BCUT2D eigenvalue weighted by molar-refractivity contribution is 0.166. The van der Waals surface area contributed by atoms with Gasteiger partial charge in [0, 0.05) is 13.2 Å². The van der Waals surface area contributed by atoms with Crippen molar-refractivity contribution in [2.45, 2.75) is 26.7 Å². The molecular formula is C10H19BrN2O2. The Bertz CT molecular complexity index is 162. The predicted octanol–water partition coefficient (Wildman–Crippen LogP) is 2.23. The molecule has 0 saturated heterocycles. The number of rotatable bonds is 4. The van der Waals surface area contributed by atoms with Crippen molar-refractivity contribution < 1.29 is 9.84 Å². The Kier molecular flexibility index (Phi) is 38.7. The van der Waals surface area contributed by atoms with Crippen molar-refractivity contribution in [1.82, 2.24) is 0 Å². The van der Waals surface area contributed by atoms with Crippen molar-refractivity contribution in [3.63, 3.8) is 0 Å². The first kappa shape index (κ1) is 19.9. The summed E-state index contributed by atoms with van der Waals surface area (Å²) < 4.78 is 4.77. The average molecular weight is 279 g/mol. The van der Waals surface area contributed by atoms with E-state index in [4.69, 9.17) is 20.4 Å². The van der Waals surface area contributed by atoms with Crippen molar-refractivity contribution in [2.24, 2.45) is 0 Å². The van der Waals surface area contributed by atoms with E-state index in [0.717, 1.165) is 12.8 Å². The predicted molar refractivity (Wildman–Crippen MR) is 63.5 cm³/mol. The molecule has 15 heavy (non-hydrogen) atoms. The van der Waals surface area contributed by atoms with Gasteiger partial charge in [0.25, 0.3) is 0 Å². The number of hydrogen-bond donors (Lipinski definition) is 1. The van der Waals surface area contributed by atoms with E-state index in [2.05, 4.69) is 15.9 Å². The number of nitriles is 2. The Balaban J connectivity index is -0.000000155. The molecule has 0 saturated carbocycles. The van der Waals surface area contributed by atoms with Gasteiger partial charge in [-0.05, 0) is 12.8 Å². The maximum absolute atomic E-state index is 7.92. The Morgan fingerprint density at radius 2 is 1.67 bits per heavy atom. The van der Waals surface area contributed by atoms with Crippen LogP contribution in [0.25, 0.3) is 0 Å². The van der Waals surface area contributed by atoms with Gasteiger partial charge in [-0.3, -0.25) is 0 Å². The fourth-order valence-electron chi connectivity index (χ4n) is 0.262. The quantitative estimate of drug-likeness (QED) is 0.632. The van der Waals surface area contributed by atoms with E-state index in [1.165, 1.54) is 0 Å². The Morgan fingerprint density at radius 1 is 1.20 bits per heavy atom. The van der Waals surface area contributed by atoms with Crippen molar-refractivity contribution in [2.75, 3.05) is 25.2 Å². The van der Waals surface area contributed by atoms with Crippen LogP contribution in [-0.2, 0) is 4.74 Å². The van der Waals surface area contributed by atoms with Gasteiger partial charge < -0.3 is 9.84 Å². The molecule has 0 aromatic carbocycles. The fourth-order valence-corrected chi connectivity index (χ4v) is 0.262. The van der Waals surface area contributed by atoms with Gasteiger partial charge in [-0.25, -0.2) is 0 Å². The SMILES string of the molecule is CCCO.CCCOCC#N.N#CCBr. The first-order valence-electron chi connectivity index (χ1n) is 4.73. The van der Waals surface area contributed by atoms with E-state index in [9.17, 15) is 0 Å². The molecule has 0 radical (unpaired) electrons. The number of halogens is 1. The molecule has 0 aromatic rings. The average Bonchev–Trinajstić information content (AvgIpc) is 2.30. The van der Waals surface area contributed by atoms with Gasteiger partial charge in [-0.15, -0.1) is 0 Å². The lowest BCUT2D eigenvalue weighted by Gasteiger charge is -1.89. The normalized spacial score (nSPS) is 7.07. The molecule has 4 nitrogen and oxygen atoms in total. The summed E-state index contributed by atoms with van der Waals surface area (Å²) >= 11 is 2.89. The first-order valence-corrected chi connectivity index (χ1v) is 5.85. The molecule has 5 heteroatoms. The molecule has 0 unspecified atom stereocenters. The largest absolute Gasteiger partial charge is 0.396 e. The first-order chi connectivity index (χ1) is 7.24. The highest BCUT2D eigenvalue weighted by Crippen LogP contribution is 1.76. The van der Waals surface area contributed by atoms with Crippen LogP contribution in [0.5, 0.6) is 0 Å². The number of alkyl halides is 1. The summed E-state index contributed by atoms with van der Waals surface area (Å²) in [5.74, 6) is 0. The summed E-state index contributed by atoms with van der Waals surface area (Å²) in [5.41, 5.74) is 0. The van der Waals surface area contributed by atoms with Gasteiger partial charge in [-0.1, -0.05) is 29.8 Å². The Labute approximate surface area is 101 Å². The van der Waals surface area contributed by atoms with Crippen molar-refractivity contribution in [3.8, 4) is 12.1 Å². The number of hydrogen-bond acceptors (Lipinski definition) is 4. The topological polar surface area (TPSA) is 77.0 Å². The minimum atomic E-state index is 0.230. The summed E-state index contributed by atoms with van der Waals surface area (Å²) in [6.07, 6.45) is 1.86. The Hall–Kier alpha value is -0.620. The highest BCUT2D eigenvalue weighted by Gasteiger charge is 1.77. The van der Waals surface area contributed by atoms with E-state index in [0.29, 0.717) is 18.5 Å². The van der Waals surface area contributed by atoms with E-state index in [1.54, 1.807) is 0 Å². The van der Waals surface area contributed by atoms with E-state index in [1.807, 2.05) is 26.0 Å². The molecule has 0 heterocycles. The maximum Gasteiger partial charge on any atom is 0.133 e. The zero-order valence-corrected chi connectivity index (χ0v) is 11.0. The van der Waals surface area contributed by atoms with Gasteiger partial charge in [-0.2, -0.15) is 10.5 Å². The molecule has 0 atom stereocenters. The van der Waals surface area contributed by atoms with Gasteiger partial charge >= 0.3 is 0 Å². The molecule has 0 bridgehead atoms. The van der Waals surface area contributed by atoms with Crippen molar-refractivity contribution in [1.29, 1.82) is 10.5 Å². The van der Waals surface area contributed by atoms with Gasteiger partial charge in [0.15, 0.2) is 0 Å². The molecule has 0 aliphatic rings. The minimum absolute atomic E-state index is 0.230. The minimum Gasteiger partial charge on any atom is -0.396 e. The zero-order chi connectivity index (χ0) is 12.4. The number of aliphatic hydroxyl groups excluding tert-OH is 1. The van der Waals surface area contributed by atoms with Crippen molar-refractivity contribution >= 4 is 15.9 Å². The third kappa shape index (κ3) is 59.9. The standard InChI is InChI=1S/C5H9NO.C3H8O.C2H2BrN/c1-2-4-7-5-3-6;1-2-3-4;3-1-2-4/h2,4-5H2,1H3;4H,2-3H2,1H3;1H2. The van der Waals surface area contributed by atoms with Crippen LogP contribution in [0, 0.1) is 22.7 Å². The summed E-state index contributed by atoms with van der Waals surface area (Å²) in [5, 5.41) is 23.8. The third-order valence-corrected chi connectivity index (χ3v) is 1.05. The van der Waals surface area contributed by atoms with Crippen molar-refractivity contribution in [3.05, 3.63) is 0 Å². The van der Waals surface area contributed by atoms with Crippen LogP contribution in [-0.4, -0.2) is 30.3 Å². The highest BCUT2D eigenvalue weighted by atomic mass is 79.9. The van der Waals surface area contributed by atoms with Crippen LogP contribution in [0.1, 0.15) is 26.7 Å². The van der Waals surface area contributed by atoms with E-state index >= 15 is 0 Å². The van der Waals surface area contributed by atoms with Crippen LogP contribution in [0.2, 0.25) is 0 Å². The number of ether oxygens (including phenoxy) is 1. The van der Waals surface area contributed by atoms with Gasteiger partial charge in [0.1, 0.15) is 6.61 Å². The lowest BCUT2D eigenvalue weighted by atomic mass is 10.5. The molecule has 0 rings (SSSR count). The smallest absolute Gasteiger partial charge is 0.133 e. The second-order valence-corrected chi connectivity index (χ2v) is 2.79. The molecular weight excluding hydrogens is 260 g/mol. The summed E-state index contributed by atoms with van der Waals surface area (Å²) in [7, 11) is 0. The Morgan fingerprint density at radius 3 is 1.87 bits per heavy atom. The van der Waals surface area contributed by atoms with Crippen LogP contribution in [0.3, 0.4) is 0 Å². The lowest BCUT2D eigenvalue weighted by Crippen LogP contribution is -1.90. The van der Waals surface area contributed by atoms with Crippen LogP contribution in [0.15, 0.2) is 0 Å². The van der Waals surface area contributed by atoms with Crippen LogP contribution in [0.4, 0.5) is 0 Å². The zero-order valence-electron chi connectivity index (χ0n) is 9.37. The molecule has 88 valence electrons. The second-order valence-electron chi connectivity index (χ2n) is 2.23. The number of aliphatic hydroxyl groups is 1. The molecule has 0 aromatic heterocycles. The molecule has 0 amide bonds. The molecule has 0 spiro atoms. The van der Waals surface area contributed by atoms with E-state index < -0.39 is 0 Å². The van der Waals surface area contributed by atoms with Gasteiger partial charge in [0.2, 0.25) is 0 Å². The number of nitrogens with zero attached hydrogens (tertiary/aromatic N) is 2.